The van der Waals surface area contributed by atoms with Crippen molar-refractivity contribution in [3.05, 3.63) is 0 Å². The zero-order valence-corrected chi connectivity index (χ0v) is 10.4. The van der Waals surface area contributed by atoms with E-state index in [1.807, 2.05) is 20.8 Å². The summed E-state index contributed by atoms with van der Waals surface area (Å²) < 4.78 is 10.5. The minimum absolute atomic E-state index is 0.109. The standard InChI is InChI=1S/C11H23NO3/c1-6-12-11(5,8-15-9(3)4)10(13)14-7-2/h9,12H,6-8H2,1-5H3. The van der Waals surface area contributed by atoms with Gasteiger partial charge in [0.15, 0.2) is 0 Å². The van der Waals surface area contributed by atoms with E-state index in [0.29, 0.717) is 19.8 Å². The minimum Gasteiger partial charge on any atom is -0.465 e. The van der Waals surface area contributed by atoms with Gasteiger partial charge < -0.3 is 14.8 Å². The van der Waals surface area contributed by atoms with Gasteiger partial charge in [0.2, 0.25) is 0 Å². The van der Waals surface area contributed by atoms with Crippen LogP contribution in [0.15, 0.2) is 0 Å². The van der Waals surface area contributed by atoms with E-state index in [0.717, 1.165) is 0 Å². The van der Waals surface area contributed by atoms with E-state index >= 15 is 0 Å². The fraction of sp³-hybridized carbons (Fsp3) is 0.909. The summed E-state index contributed by atoms with van der Waals surface area (Å²) in [5, 5.41) is 3.10. The first-order valence-corrected chi connectivity index (χ1v) is 5.50. The average Bonchev–Trinajstić information content (AvgIpc) is 2.15. The summed E-state index contributed by atoms with van der Waals surface area (Å²) in [5.41, 5.74) is -0.741. The molecule has 0 aliphatic carbocycles. The van der Waals surface area contributed by atoms with Crippen molar-refractivity contribution in [3.8, 4) is 0 Å². The van der Waals surface area contributed by atoms with Gasteiger partial charge in [-0.2, -0.15) is 0 Å². The molecule has 90 valence electrons. The number of carbonyl (C=O) groups is 1. The average molecular weight is 217 g/mol. The Labute approximate surface area is 92.3 Å². The monoisotopic (exact) mass is 217 g/mol. The number of esters is 1. The Kier molecular flexibility index (Phi) is 6.52. The second-order valence-electron chi connectivity index (χ2n) is 3.94. The lowest BCUT2D eigenvalue weighted by molar-refractivity contribution is -0.153. The van der Waals surface area contributed by atoms with Crippen molar-refractivity contribution in [2.75, 3.05) is 19.8 Å². The van der Waals surface area contributed by atoms with Crippen LogP contribution < -0.4 is 5.32 Å². The highest BCUT2D eigenvalue weighted by Crippen LogP contribution is 2.09. The highest BCUT2D eigenvalue weighted by molar-refractivity contribution is 5.80. The Morgan fingerprint density at radius 1 is 1.40 bits per heavy atom. The summed E-state index contributed by atoms with van der Waals surface area (Å²) in [4.78, 5) is 11.7. The van der Waals surface area contributed by atoms with E-state index in [1.165, 1.54) is 0 Å². The van der Waals surface area contributed by atoms with Gasteiger partial charge in [0.1, 0.15) is 5.54 Å². The molecule has 0 fully saturated rings. The third-order valence-electron chi connectivity index (χ3n) is 2.00. The lowest BCUT2D eigenvalue weighted by Gasteiger charge is -2.28. The highest BCUT2D eigenvalue weighted by atomic mass is 16.5. The minimum atomic E-state index is -0.741. The predicted octanol–water partition coefficient (Wildman–Crippen LogP) is 1.34. The largest absolute Gasteiger partial charge is 0.465 e. The van der Waals surface area contributed by atoms with Crippen LogP contribution in [0, 0.1) is 0 Å². The number of likely N-dealkylation sites (N-methyl/N-ethyl adjacent to an activating group) is 1. The molecule has 15 heavy (non-hydrogen) atoms. The maximum Gasteiger partial charge on any atom is 0.328 e. The van der Waals surface area contributed by atoms with E-state index in [9.17, 15) is 4.79 Å². The van der Waals surface area contributed by atoms with Crippen molar-refractivity contribution >= 4 is 5.97 Å². The Morgan fingerprint density at radius 2 is 2.00 bits per heavy atom. The van der Waals surface area contributed by atoms with Crippen molar-refractivity contribution in [2.24, 2.45) is 0 Å². The Balaban J connectivity index is 4.36. The molecule has 0 amide bonds. The first-order valence-electron chi connectivity index (χ1n) is 5.50. The molecule has 0 aliphatic heterocycles. The SMILES string of the molecule is CCNC(C)(COC(C)C)C(=O)OCC. The second kappa shape index (κ2) is 6.80. The van der Waals surface area contributed by atoms with Crippen LogP contribution in [0.4, 0.5) is 0 Å². The molecular weight excluding hydrogens is 194 g/mol. The molecule has 0 spiro atoms. The first-order chi connectivity index (χ1) is 6.96. The van der Waals surface area contributed by atoms with Crippen LogP contribution in [0.1, 0.15) is 34.6 Å². The molecule has 0 saturated heterocycles. The van der Waals surface area contributed by atoms with E-state index < -0.39 is 5.54 Å². The number of rotatable bonds is 7. The summed E-state index contributed by atoms with van der Waals surface area (Å²) >= 11 is 0. The molecule has 4 nitrogen and oxygen atoms in total. The Bertz CT molecular complexity index is 194. The van der Waals surface area contributed by atoms with E-state index in [4.69, 9.17) is 9.47 Å². The van der Waals surface area contributed by atoms with Gasteiger partial charge in [0.05, 0.1) is 19.3 Å². The molecule has 0 aliphatic rings. The van der Waals surface area contributed by atoms with Gasteiger partial charge >= 0.3 is 5.97 Å². The van der Waals surface area contributed by atoms with Gasteiger partial charge in [-0.05, 0) is 34.2 Å². The van der Waals surface area contributed by atoms with Gasteiger partial charge in [-0.15, -0.1) is 0 Å². The molecule has 0 heterocycles. The summed E-state index contributed by atoms with van der Waals surface area (Å²) in [6, 6.07) is 0. The van der Waals surface area contributed by atoms with E-state index in [1.54, 1.807) is 13.8 Å². The topological polar surface area (TPSA) is 47.6 Å². The van der Waals surface area contributed by atoms with Gasteiger partial charge in [-0.3, -0.25) is 0 Å². The van der Waals surface area contributed by atoms with Gasteiger partial charge in [-0.1, -0.05) is 6.92 Å². The molecule has 0 aromatic carbocycles. The molecule has 0 rings (SSSR count). The van der Waals surface area contributed by atoms with Gasteiger partial charge in [0, 0.05) is 0 Å². The van der Waals surface area contributed by atoms with Crippen molar-refractivity contribution < 1.29 is 14.3 Å². The third-order valence-corrected chi connectivity index (χ3v) is 2.00. The maximum absolute atomic E-state index is 11.7. The lowest BCUT2D eigenvalue weighted by Crippen LogP contribution is -2.54. The van der Waals surface area contributed by atoms with Crippen LogP contribution in [0.2, 0.25) is 0 Å². The molecule has 1 N–H and O–H groups in total. The number of nitrogens with one attached hydrogen (secondary N) is 1. The predicted molar refractivity (Wildman–Crippen MR) is 59.8 cm³/mol. The van der Waals surface area contributed by atoms with Crippen LogP contribution in [-0.4, -0.2) is 37.4 Å². The highest BCUT2D eigenvalue weighted by Gasteiger charge is 2.34. The summed E-state index contributed by atoms with van der Waals surface area (Å²) in [6.45, 7) is 10.9. The zero-order valence-electron chi connectivity index (χ0n) is 10.4. The fourth-order valence-corrected chi connectivity index (χ4v) is 1.20. The van der Waals surface area contributed by atoms with Crippen LogP contribution >= 0.6 is 0 Å². The number of hydrogen-bond donors (Lipinski definition) is 1. The smallest absolute Gasteiger partial charge is 0.328 e. The molecule has 4 heteroatoms. The summed E-state index contributed by atoms with van der Waals surface area (Å²) in [7, 11) is 0. The fourth-order valence-electron chi connectivity index (χ4n) is 1.20. The molecular formula is C11H23NO3. The molecule has 0 saturated carbocycles. The molecule has 1 atom stereocenters. The molecule has 0 radical (unpaired) electrons. The molecule has 0 aromatic rings. The summed E-state index contributed by atoms with van der Waals surface area (Å²) in [5.74, 6) is -0.257. The lowest BCUT2D eigenvalue weighted by atomic mass is 10.0. The Morgan fingerprint density at radius 3 is 2.40 bits per heavy atom. The van der Waals surface area contributed by atoms with E-state index in [2.05, 4.69) is 5.32 Å². The zero-order chi connectivity index (χ0) is 11.9. The number of hydrogen-bond acceptors (Lipinski definition) is 4. The van der Waals surface area contributed by atoms with Crippen LogP contribution in [0.3, 0.4) is 0 Å². The molecule has 1 unspecified atom stereocenters. The van der Waals surface area contributed by atoms with Crippen molar-refractivity contribution in [1.29, 1.82) is 0 Å². The van der Waals surface area contributed by atoms with Crippen LogP contribution in [0.5, 0.6) is 0 Å². The van der Waals surface area contributed by atoms with Crippen molar-refractivity contribution in [2.45, 2.75) is 46.3 Å². The van der Waals surface area contributed by atoms with Gasteiger partial charge in [0.25, 0.3) is 0 Å². The summed E-state index contributed by atoms with van der Waals surface area (Å²) in [6.07, 6.45) is 0.109. The number of ether oxygens (including phenoxy) is 2. The quantitative estimate of drug-likeness (QED) is 0.654. The molecule has 0 bridgehead atoms. The molecule has 0 aromatic heterocycles. The normalized spacial score (nSPS) is 15.1. The second-order valence-corrected chi connectivity index (χ2v) is 3.94. The maximum atomic E-state index is 11.7. The van der Waals surface area contributed by atoms with E-state index in [-0.39, 0.29) is 12.1 Å². The third kappa shape index (κ3) is 5.14. The van der Waals surface area contributed by atoms with Crippen LogP contribution in [-0.2, 0) is 14.3 Å². The van der Waals surface area contributed by atoms with Crippen LogP contribution in [0.25, 0.3) is 0 Å². The van der Waals surface area contributed by atoms with Gasteiger partial charge in [-0.25, -0.2) is 4.79 Å². The Hall–Kier alpha value is -0.610. The van der Waals surface area contributed by atoms with Crippen molar-refractivity contribution in [3.63, 3.8) is 0 Å². The first kappa shape index (κ1) is 14.4. The number of carbonyl (C=O) groups excluding carboxylic acids is 1. The van der Waals surface area contributed by atoms with Crippen molar-refractivity contribution in [1.82, 2.24) is 5.32 Å².